The number of hydrogen-bond acceptors (Lipinski definition) is 5. The normalized spacial score (nSPS) is 32.8. The Bertz CT molecular complexity index is 406. The largest absolute Gasteiger partial charge is 0.480 e. The Balaban J connectivity index is 1.77. The molecule has 1 aliphatic heterocycles. The van der Waals surface area contributed by atoms with Gasteiger partial charge in [-0.2, -0.15) is 4.98 Å². The molecule has 17 heavy (non-hydrogen) atoms. The molecule has 0 aromatic carbocycles. The lowest BCUT2D eigenvalue weighted by atomic mass is 9.94. The van der Waals surface area contributed by atoms with Crippen LogP contribution in [0.1, 0.15) is 25.2 Å². The van der Waals surface area contributed by atoms with Crippen LogP contribution in [0.2, 0.25) is 0 Å². The second kappa shape index (κ2) is 4.10. The van der Waals surface area contributed by atoms with Crippen molar-refractivity contribution in [3.63, 3.8) is 0 Å². The van der Waals surface area contributed by atoms with Crippen molar-refractivity contribution in [2.45, 2.75) is 31.8 Å². The number of carboxylic acids is 1. The lowest BCUT2D eigenvalue weighted by molar-refractivity contribution is -0.143. The van der Waals surface area contributed by atoms with Crippen molar-refractivity contribution < 1.29 is 14.4 Å². The average Bonchev–Trinajstić information content (AvgIpc) is 2.92. The van der Waals surface area contributed by atoms with Gasteiger partial charge >= 0.3 is 5.97 Å². The van der Waals surface area contributed by atoms with Gasteiger partial charge < -0.3 is 9.63 Å². The number of nitrogens with zero attached hydrogens (tertiary/aromatic N) is 3. The molecule has 0 radical (unpaired) electrons. The van der Waals surface area contributed by atoms with Crippen LogP contribution >= 0.6 is 0 Å². The molecular formula is C11H15N3O3. The van der Waals surface area contributed by atoms with Gasteiger partial charge in [-0.25, -0.2) is 0 Å². The van der Waals surface area contributed by atoms with Crippen LogP contribution in [0.25, 0.3) is 0 Å². The van der Waals surface area contributed by atoms with Crippen molar-refractivity contribution >= 4 is 5.97 Å². The van der Waals surface area contributed by atoms with Gasteiger partial charge in [0.1, 0.15) is 6.04 Å². The minimum Gasteiger partial charge on any atom is -0.480 e. The molecule has 0 amide bonds. The molecule has 1 aromatic heterocycles. The third kappa shape index (κ3) is 1.82. The van der Waals surface area contributed by atoms with Crippen LogP contribution in [0.3, 0.4) is 0 Å². The number of aromatic nitrogens is 2. The highest BCUT2D eigenvalue weighted by molar-refractivity contribution is 5.74. The number of rotatable bonds is 3. The number of hydrogen-bond donors (Lipinski definition) is 1. The molecule has 6 heteroatoms. The number of aliphatic carboxylic acids is 1. The van der Waals surface area contributed by atoms with Crippen LogP contribution in [-0.4, -0.2) is 38.7 Å². The van der Waals surface area contributed by atoms with E-state index in [9.17, 15) is 9.90 Å². The first-order valence-electron chi connectivity index (χ1n) is 5.98. The van der Waals surface area contributed by atoms with Gasteiger partial charge in [-0.3, -0.25) is 9.69 Å². The summed E-state index contributed by atoms with van der Waals surface area (Å²) in [6.45, 7) is 1.29. The summed E-state index contributed by atoms with van der Waals surface area (Å²) in [5.41, 5.74) is 0. The van der Waals surface area contributed by atoms with Crippen LogP contribution < -0.4 is 0 Å². The van der Waals surface area contributed by atoms with Crippen molar-refractivity contribution in [2.24, 2.45) is 11.8 Å². The first-order chi connectivity index (χ1) is 8.25. The molecule has 1 aliphatic carbocycles. The zero-order valence-electron chi connectivity index (χ0n) is 9.45. The Kier molecular flexibility index (Phi) is 2.58. The molecule has 2 fully saturated rings. The summed E-state index contributed by atoms with van der Waals surface area (Å²) in [7, 11) is 0. The van der Waals surface area contributed by atoms with Gasteiger partial charge in [-0.15, -0.1) is 0 Å². The fraction of sp³-hybridized carbons (Fsp3) is 0.727. The lowest BCUT2D eigenvalue weighted by Crippen LogP contribution is -2.39. The Hall–Kier alpha value is -1.43. The maximum absolute atomic E-state index is 11.4. The summed E-state index contributed by atoms with van der Waals surface area (Å²) in [6, 6.07) is -0.380. The fourth-order valence-electron chi connectivity index (χ4n) is 3.34. The standard InChI is InChI=1S/C11H15N3O3/c15-11(16)10-8-3-1-2-7(8)4-14(10)5-9-12-6-13-17-9/h6-8,10H,1-5H2,(H,15,16). The smallest absolute Gasteiger partial charge is 0.321 e. The molecule has 2 aliphatic rings. The maximum atomic E-state index is 11.4. The first-order valence-corrected chi connectivity index (χ1v) is 5.98. The van der Waals surface area contributed by atoms with E-state index in [2.05, 4.69) is 10.1 Å². The van der Waals surface area contributed by atoms with Gasteiger partial charge in [-0.05, 0) is 24.7 Å². The van der Waals surface area contributed by atoms with Gasteiger partial charge in [0.15, 0.2) is 6.33 Å². The summed E-state index contributed by atoms with van der Waals surface area (Å²) in [5, 5.41) is 12.9. The monoisotopic (exact) mass is 237 g/mol. The van der Waals surface area contributed by atoms with E-state index in [-0.39, 0.29) is 6.04 Å². The molecule has 92 valence electrons. The van der Waals surface area contributed by atoms with E-state index in [0.29, 0.717) is 24.3 Å². The predicted molar refractivity (Wildman–Crippen MR) is 57.0 cm³/mol. The molecule has 1 N–H and O–H groups in total. The fourth-order valence-corrected chi connectivity index (χ4v) is 3.34. The Labute approximate surface area is 98.6 Å². The lowest BCUT2D eigenvalue weighted by Gasteiger charge is -2.22. The first kappa shape index (κ1) is 10.7. The predicted octanol–water partition coefficient (Wildman–Crippen LogP) is 0.755. The van der Waals surface area contributed by atoms with Gasteiger partial charge in [0.25, 0.3) is 0 Å². The molecule has 6 nitrogen and oxygen atoms in total. The number of carboxylic acid groups (broad SMARTS) is 1. The second-order valence-electron chi connectivity index (χ2n) is 4.90. The summed E-state index contributed by atoms with van der Waals surface area (Å²) >= 11 is 0. The van der Waals surface area contributed by atoms with E-state index < -0.39 is 5.97 Å². The number of fused-ring (bicyclic) bond motifs is 1. The van der Waals surface area contributed by atoms with Crippen molar-refractivity contribution in [2.75, 3.05) is 6.54 Å². The summed E-state index contributed by atoms with van der Waals surface area (Å²) in [4.78, 5) is 17.3. The van der Waals surface area contributed by atoms with Crippen LogP contribution in [0.15, 0.2) is 10.9 Å². The quantitative estimate of drug-likeness (QED) is 0.835. The molecule has 1 saturated carbocycles. The van der Waals surface area contributed by atoms with E-state index in [1.54, 1.807) is 0 Å². The van der Waals surface area contributed by atoms with Gasteiger partial charge in [0.05, 0.1) is 6.54 Å². The summed E-state index contributed by atoms with van der Waals surface area (Å²) in [5.74, 6) is 0.601. The van der Waals surface area contributed by atoms with Gasteiger partial charge in [0, 0.05) is 6.54 Å². The third-order valence-corrected chi connectivity index (χ3v) is 3.98. The van der Waals surface area contributed by atoms with E-state index >= 15 is 0 Å². The molecule has 1 aromatic rings. The molecule has 1 saturated heterocycles. The van der Waals surface area contributed by atoms with Crippen molar-refractivity contribution in [1.82, 2.24) is 15.0 Å². The number of likely N-dealkylation sites (tertiary alicyclic amines) is 1. The highest BCUT2D eigenvalue weighted by atomic mass is 16.5. The summed E-state index contributed by atoms with van der Waals surface area (Å²) in [6.07, 6.45) is 4.69. The Morgan fingerprint density at radius 3 is 3.18 bits per heavy atom. The van der Waals surface area contributed by atoms with Crippen molar-refractivity contribution in [1.29, 1.82) is 0 Å². The van der Waals surface area contributed by atoms with Crippen molar-refractivity contribution in [3.05, 3.63) is 12.2 Å². The van der Waals surface area contributed by atoms with Crippen LogP contribution in [0.4, 0.5) is 0 Å². The highest BCUT2D eigenvalue weighted by Crippen LogP contribution is 2.42. The second-order valence-corrected chi connectivity index (χ2v) is 4.90. The zero-order chi connectivity index (χ0) is 11.8. The average molecular weight is 237 g/mol. The number of carbonyl (C=O) groups is 1. The van der Waals surface area contributed by atoms with E-state index in [1.165, 1.54) is 6.33 Å². The minimum atomic E-state index is -0.723. The zero-order valence-corrected chi connectivity index (χ0v) is 9.45. The van der Waals surface area contributed by atoms with E-state index in [4.69, 9.17) is 4.52 Å². The molecule has 2 heterocycles. The molecular weight excluding hydrogens is 222 g/mol. The molecule has 3 rings (SSSR count). The van der Waals surface area contributed by atoms with E-state index in [1.807, 2.05) is 4.90 Å². The highest BCUT2D eigenvalue weighted by Gasteiger charge is 2.47. The Morgan fingerprint density at radius 1 is 1.59 bits per heavy atom. The minimum absolute atomic E-state index is 0.301. The van der Waals surface area contributed by atoms with Crippen LogP contribution in [-0.2, 0) is 11.3 Å². The SMILES string of the molecule is O=C(O)C1C2CCCC2CN1Cc1ncno1. The molecule has 0 bridgehead atoms. The van der Waals surface area contributed by atoms with Crippen LogP contribution in [0.5, 0.6) is 0 Å². The van der Waals surface area contributed by atoms with E-state index in [0.717, 1.165) is 25.8 Å². The molecule has 3 atom stereocenters. The third-order valence-electron chi connectivity index (χ3n) is 3.98. The molecule has 0 spiro atoms. The molecule has 3 unspecified atom stereocenters. The Morgan fingerprint density at radius 2 is 2.47 bits per heavy atom. The van der Waals surface area contributed by atoms with Gasteiger partial charge in [-0.1, -0.05) is 11.6 Å². The van der Waals surface area contributed by atoms with Gasteiger partial charge in [0.2, 0.25) is 5.89 Å². The van der Waals surface area contributed by atoms with Crippen LogP contribution in [0, 0.1) is 11.8 Å². The topological polar surface area (TPSA) is 79.5 Å². The maximum Gasteiger partial charge on any atom is 0.321 e. The van der Waals surface area contributed by atoms with Crippen molar-refractivity contribution in [3.8, 4) is 0 Å². The summed E-state index contributed by atoms with van der Waals surface area (Å²) < 4.78 is 4.95.